The van der Waals surface area contributed by atoms with Gasteiger partial charge in [0.05, 0.1) is 6.10 Å². The van der Waals surface area contributed by atoms with Crippen molar-refractivity contribution >= 4 is 11.6 Å². The third kappa shape index (κ3) is 3.80. The molecule has 0 saturated carbocycles. The van der Waals surface area contributed by atoms with Crippen molar-refractivity contribution in [3.63, 3.8) is 0 Å². The molecular formula is C10H18ClN3O. The molecule has 1 heterocycles. The molecule has 0 aliphatic rings. The molecule has 1 rings (SSSR count). The van der Waals surface area contributed by atoms with Crippen LogP contribution in [0.25, 0.3) is 0 Å². The summed E-state index contributed by atoms with van der Waals surface area (Å²) in [5.74, 6) is 1.43. The molecule has 0 saturated heterocycles. The summed E-state index contributed by atoms with van der Waals surface area (Å²) >= 11 is 5.56. The van der Waals surface area contributed by atoms with Gasteiger partial charge < -0.3 is 5.11 Å². The largest absolute Gasteiger partial charge is 0.393 e. The van der Waals surface area contributed by atoms with Crippen LogP contribution >= 0.6 is 11.6 Å². The van der Waals surface area contributed by atoms with E-state index in [1.54, 1.807) is 0 Å². The smallest absolute Gasteiger partial charge is 0.138 e. The minimum absolute atomic E-state index is 0.280. The highest BCUT2D eigenvalue weighted by atomic mass is 35.5. The molecule has 0 amide bonds. The molecule has 0 spiro atoms. The Morgan fingerprint density at radius 1 is 1.53 bits per heavy atom. The molecule has 5 heteroatoms. The lowest BCUT2D eigenvalue weighted by molar-refractivity contribution is 0.159. The average molecular weight is 232 g/mol. The number of halogens is 1. The van der Waals surface area contributed by atoms with Gasteiger partial charge in [0.1, 0.15) is 12.2 Å². The van der Waals surface area contributed by atoms with Crippen molar-refractivity contribution in [1.82, 2.24) is 14.8 Å². The highest BCUT2D eigenvalue weighted by molar-refractivity contribution is 6.17. The maximum atomic E-state index is 9.72. The Morgan fingerprint density at radius 3 is 2.87 bits per heavy atom. The van der Waals surface area contributed by atoms with E-state index in [1.165, 1.54) is 6.33 Å². The zero-order valence-corrected chi connectivity index (χ0v) is 9.98. The zero-order valence-electron chi connectivity index (χ0n) is 9.23. The maximum absolute atomic E-state index is 9.72. The van der Waals surface area contributed by atoms with Crippen molar-refractivity contribution in [1.29, 1.82) is 0 Å². The second-order valence-corrected chi connectivity index (χ2v) is 4.28. The number of aromatic nitrogens is 3. The summed E-state index contributed by atoms with van der Waals surface area (Å²) in [6, 6.07) is 0.280. The molecule has 1 aromatic rings. The Morgan fingerprint density at radius 2 is 2.27 bits per heavy atom. The summed E-state index contributed by atoms with van der Waals surface area (Å²) in [6.45, 7) is 4.09. The molecule has 0 aliphatic heterocycles. The van der Waals surface area contributed by atoms with Crippen LogP contribution in [0.5, 0.6) is 0 Å². The summed E-state index contributed by atoms with van der Waals surface area (Å²) in [7, 11) is 0. The third-order valence-corrected chi connectivity index (χ3v) is 2.49. The molecule has 1 atom stereocenters. The molecular weight excluding hydrogens is 214 g/mol. The van der Waals surface area contributed by atoms with Crippen LogP contribution < -0.4 is 0 Å². The van der Waals surface area contributed by atoms with E-state index in [4.69, 9.17) is 11.6 Å². The fourth-order valence-electron chi connectivity index (χ4n) is 1.48. The molecule has 86 valence electrons. The SMILES string of the molecule is CC(C)n1ncnc1CC(O)CCCCl. The zero-order chi connectivity index (χ0) is 11.3. The first-order chi connectivity index (χ1) is 7.15. The molecule has 1 aromatic heterocycles. The van der Waals surface area contributed by atoms with Crippen molar-refractivity contribution < 1.29 is 5.11 Å². The van der Waals surface area contributed by atoms with Crippen LogP contribution in [0, 0.1) is 0 Å². The number of aliphatic hydroxyl groups is 1. The minimum atomic E-state index is -0.370. The number of aliphatic hydroxyl groups excluding tert-OH is 1. The lowest BCUT2D eigenvalue weighted by Crippen LogP contribution is -2.16. The Kier molecular flexibility index (Phi) is 5.05. The first kappa shape index (κ1) is 12.5. The molecule has 0 bridgehead atoms. The van der Waals surface area contributed by atoms with Crippen LogP contribution in [0.3, 0.4) is 0 Å². The number of rotatable bonds is 6. The van der Waals surface area contributed by atoms with Gasteiger partial charge in [-0.3, -0.25) is 0 Å². The Hall–Kier alpha value is -0.610. The Bertz CT molecular complexity index is 288. The number of alkyl halides is 1. The number of nitrogens with zero attached hydrogens (tertiary/aromatic N) is 3. The van der Waals surface area contributed by atoms with E-state index < -0.39 is 0 Å². The summed E-state index contributed by atoms with van der Waals surface area (Å²) in [5, 5.41) is 13.8. The molecule has 15 heavy (non-hydrogen) atoms. The van der Waals surface area contributed by atoms with Gasteiger partial charge in [0, 0.05) is 18.3 Å². The summed E-state index contributed by atoms with van der Waals surface area (Å²) in [6.07, 6.45) is 3.26. The second kappa shape index (κ2) is 6.08. The van der Waals surface area contributed by atoms with Crippen molar-refractivity contribution in [2.45, 2.75) is 45.3 Å². The van der Waals surface area contributed by atoms with Crippen LogP contribution in [-0.2, 0) is 6.42 Å². The molecule has 1 unspecified atom stereocenters. The predicted molar refractivity (Wildman–Crippen MR) is 60.1 cm³/mol. The topological polar surface area (TPSA) is 50.9 Å². The Labute approximate surface area is 95.3 Å². The van der Waals surface area contributed by atoms with Crippen LogP contribution in [0.1, 0.15) is 38.6 Å². The van der Waals surface area contributed by atoms with E-state index in [-0.39, 0.29) is 12.1 Å². The summed E-state index contributed by atoms with van der Waals surface area (Å²) in [5.41, 5.74) is 0. The Balaban J connectivity index is 2.52. The van der Waals surface area contributed by atoms with E-state index >= 15 is 0 Å². The van der Waals surface area contributed by atoms with Gasteiger partial charge in [0.25, 0.3) is 0 Å². The number of hydrogen-bond acceptors (Lipinski definition) is 3. The van der Waals surface area contributed by atoms with Gasteiger partial charge in [-0.25, -0.2) is 9.67 Å². The van der Waals surface area contributed by atoms with Crippen LogP contribution in [-0.4, -0.2) is 31.9 Å². The first-order valence-corrected chi connectivity index (χ1v) is 5.81. The maximum Gasteiger partial charge on any atom is 0.138 e. The molecule has 0 aromatic carbocycles. The van der Waals surface area contributed by atoms with Crippen molar-refractivity contribution in [3.05, 3.63) is 12.2 Å². The minimum Gasteiger partial charge on any atom is -0.393 e. The highest BCUT2D eigenvalue weighted by Gasteiger charge is 2.12. The summed E-state index contributed by atoms with van der Waals surface area (Å²) in [4.78, 5) is 4.14. The predicted octanol–water partition coefficient (Wildman–Crippen LogP) is 1.78. The quantitative estimate of drug-likeness (QED) is 0.760. The standard InChI is InChI=1S/C10H18ClN3O/c1-8(2)14-10(12-7-13-14)6-9(15)4-3-5-11/h7-9,15H,3-6H2,1-2H3. The van der Waals surface area contributed by atoms with Crippen LogP contribution in [0.15, 0.2) is 6.33 Å². The molecule has 1 N–H and O–H groups in total. The van der Waals surface area contributed by atoms with Crippen LogP contribution in [0.4, 0.5) is 0 Å². The molecule has 0 fully saturated rings. The third-order valence-electron chi connectivity index (χ3n) is 2.23. The molecule has 0 radical (unpaired) electrons. The summed E-state index contributed by atoms with van der Waals surface area (Å²) < 4.78 is 1.84. The normalized spacial score (nSPS) is 13.4. The fraction of sp³-hybridized carbons (Fsp3) is 0.800. The van der Waals surface area contributed by atoms with E-state index in [9.17, 15) is 5.11 Å². The van der Waals surface area contributed by atoms with Gasteiger partial charge in [-0.05, 0) is 26.7 Å². The van der Waals surface area contributed by atoms with E-state index in [0.29, 0.717) is 18.7 Å². The van der Waals surface area contributed by atoms with Gasteiger partial charge in [-0.2, -0.15) is 5.10 Å². The molecule has 0 aliphatic carbocycles. The van der Waals surface area contributed by atoms with Crippen LogP contribution in [0.2, 0.25) is 0 Å². The van der Waals surface area contributed by atoms with E-state index in [1.807, 2.05) is 18.5 Å². The lowest BCUT2D eigenvalue weighted by Gasteiger charge is -2.12. The highest BCUT2D eigenvalue weighted by Crippen LogP contribution is 2.10. The van der Waals surface area contributed by atoms with Gasteiger partial charge in [0.15, 0.2) is 0 Å². The van der Waals surface area contributed by atoms with E-state index in [0.717, 1.165) is 12.2 Å². The monoisotopic (exact) mass is 231 g/mol. The van der Waals surface area contributed by atoms with Crippen molar-refractivity contribution in [3.8, 4) is 0 Å². The second-order valence-electron chi connectivity index (χ2n) is 3.90. The fourth-order valence-corrected chi connectivity index (χ4v) is 1.63. The lowest BCUT2D eigenvalue weighted by atomic mass is 10.1. The van der Waals surface area contributed by atoms with Gasteiger partial charge in [-0.15, -0.1) is 11.6 Å². The average Bonchev–Trinajstić information content (AvgIpc) is 2.62. The van der Waals surface area contributed by atoms with E-state index in [2.05, 4.69) is 10.1 Å². The number of hydrogen-bond donors (Lipinski definition) is 1. The first-order valence-electron chi connectivity index (χ1n) is 5.27. The van der Waals surface area contributed by atoms with Gasteiger partial charge in [-0.1, -0.05) is 0 Å². The van der Waals surface area contributed by atoms with Gasteiger partial charge >= 0.3 is 0 Å². The van der Waals surface area contributed by atoms with Gasteiger partial charge in [0.2, 0.25) is 0 Å². The molecule has 4 nitrogen and oxygen atoms in total. The van der Waals surface area contributed by atoms with Crippen molar-refractivity contribution in [2.24, 2.45) is 0 Å². The van der Waals surface area contributed by atoms with Crippen molar-refractivity contribution in [2.75, 3.05) is 5.88 Å².